The highest BCUT2D eigenvalue weighted by Gasteiger charge is 2.25. The fourth-order valence-electron chi connectivity index (χ4n) is 2.47. The molecule has 136 valence electrons. The molecule has 0 unspecified atom stereocenters. The molecule has 0 bridgehead atoms. The molecule has 0 spiro atoms. The average molecular weight is 410 g/mol. The third-order valence-corrected chi connectivity index (χ3v) is 6.51. The van der Waals surface area contributed by atoms with Gasteiger partial charge in [-0.05, 0) is 6.07 Å². The van der Waals surface area contributed by atoms with E-state index < -0.39 is 26.6 Å². The number of benzene rings is 1. The van der Waals surface area contributed by atoms with Crippen molar-refractivity contribution < 1.29 is 22.2 Å². The number of carbonyl (C=O) groups is 1. The third-order valence-electron chi connectivity index (χ3n) is 3.58. The van der Waals surface area contributed by atoms with Gasteiger partial charge in [0, 0.05) is 34.7 Å². The molecule has 2 heterocycles. The fraction of sp³-hybridized carbons (Fsp3) is 0.188. The summed E-state index contributed by atoms with van der Waals surface area (Å²) in [5.74, 6) is -0.583. The highest BCUT2D eigenvalue weighted by molar-refractivity contribution is 7.90. The quantitative estimate of drug-likeness (QED) is 0.480. The first-order chi connectivity index (χ1) is 12.2. The van der Waals surface area contributed by atoms with E-state index >= 15 is 0 Å². The van der Waals surface area contributed by atoms with Gasteiger partial charge in [0.15, 0.2) is 0 Å². The van der Waals surface area contributed by atoms with Gasteiger partial charge >= 0.3 is 5.97 Å². The first-order valence-corrected chi connectivity index (χ1v) is 11.5. The second-order valence-corrected chi connectivity index (χ2v) is 9.70. The van der Waals surface area contributed by atoms with E-state index in [0.29, 0.717) is 26.2 Å². The highest BCUT2D eigenvalue weighted by Crippen LogP contribution is 2.40. The van der Waals surface area contributed by atoms with E-state index in [1.807, 2.05) is 0 Å². The third kappa shape index (κ3) is 3.27. The van der Waals surface area contributed by atoms with Crippen LogP contribution in [0.2, 0.25) is 0 Å². The van der Waals surface area contributed by atoms with Crippen molar-refractivity contribution >= 4 is 48.2 Å². The van der Waals surface area contributed by atoms with Crippen LogP contribution in [-0.2, 0) is 25.4 Å². The first-order valence-electron chi connectivity index (χ1n) is 7.24. The lowest BCUT2D eigenvalue weighted by atomic mass is 10.1. The van der Waals surface area contributed by atoms with Crippen LogP contribution in [0, 0.1) is 0 Å². The number of carbonyl (C=O) groups excluding carboxylic acids is 1. The summed E-state index contributed by atoms with van der Waals surface area (Å²) >= 11 is 1.10. The van der Waals surface area contributed by atoms with Gasteiger partial charge in [0.25, 0.3) is 0 Å². The number of aromatic nitrogens is 2. The molecule has 7 nitrogen and oxygen atoms in total. The van der Waals surface area contributed by atoms with Crippen LogP contribution >= 0.6 is 11.3 Å². The van der Waals surface area contributed by atoms with Gasteiger partial charge < -0.3 is 4.74 Å². The summed E-state index contributed by atoms with van der Waals surface area (Å²) in [5.41, 5.74) is 1.25. The average Bonchev–Trinajstić information content (AvgIpc) is 2.98. The minimum absolute atomic E-state index is 0.250. The minimum Gasteiger partial charge on any atom is -0.465 e. The highest BCUT2D eigenvalue weighted by atomic mass is 32.2. The Morgan fingerprint density at radius 1 is 1.27 bits per heavy atom. The SMILES string of the molecule is COC(=O)c1sc2cnc(S(C)(=O)=O)nc2c1-c1ccccc1[S@@](C)=O. The lowest BCUT2D eigenvalue weighted by Gasteiger charge is -2.08. The molecule has 10 heteroatoms. The lowest BCUT2D eigenvalue weighted by molar-refractivity contribution is 0.0607. The Bertz CT molecular complexity index is 1150. The van der Waals surface area contributed by atoms with E-state index in [2.05, 4.69) is 9.97 Å². The predicted octanol–water partition coefficient (Wildman–Crippen LogP) is 2.29. The van der Waals surface area contributed by atoms with Gasteiger partial charge in [-0.15, -0.1) is 11.3 Å². The maximum atomic E-state index is 12.3. The van der Waals surface area contributed by atoms with E-state index in [9.17, 15) is 17.4 Å². The Morgan fingerprint density at radius 2 is 1.96 bits per heavy atom. The maximum Gasteiger partial charge on any atom is 0.348 e. The molecule has 0 N–H and O–H groups in total. The summed E-state index contributed by atoms with van der Waals surface area (Å²) in [5, 5.41) is -0.337. The van der Waals surface area contributed by atoms with E-state index in [4.69, 9.17) is 4.74 Å². The van der Waals surface area contributed by atoms with Crippen LogP contribution in [0.4, 0.5) is 0 Å². The zero-order valence-corrected chi connectivity index (χ0v) is 16.5. The summed E-state index contributed by atoms with van der Waals surface area (Å²) in [6.07, 6.45) is 3.91. The van der Waals surface area contributed by atoms with Gasteiger partial charge in [-0.3, -0.25) is 4.21 Å². The van der Waals surface area contributed by atoms with E-state index in [1.165, 1.54) is 19.6 Å². The van der Waals surface area contributed by atoms with Crippen LogP contribution in [0.1, 0.15) is 9.67 Å². The normalized spacial score (nSPS) is 12.9. The number of hydrogen-bond acceptors (Lipinski definition) is 8. The van der Waals surface area contributed by atoms with Crippen molar-refractivity contribution in [2.75, 3.05) is 19.6 Å². The number of sulfone groups is 1. The van der Waals surface area contributed by atoms with Crippen molar-refractivity contribution in [1.82, 2.24) is 9.97 Å². The maximum absolute atomic E-state index is 12.3. The van der Waals surface area contributed by atoms with Gasteiger partial charge in [0.05, 0.1) is 28.1 Å². The summed E-state index contributed by atoms with van der Waals surface area (Å²) in [6, 6.07) is 6.89. The molecule has 0 aliphatic rings. The minimum atomic E-state index is -3.63. The lowest BCUT2D eigenvalue weighted by Crippen LogP contribution is -2.04. The molecule has 0 aliphatic carbocycles. The Labute approximate surface area is 156 Å². The number of thiophene rings is 1. The van der Waals surface area contributed by atoms with Crippen LogP contribution in [0.3, 0.4) is 0 Å². The smallest absolute Gasteiger partial charge is 0.348 e. The molecule has 3 rings (SSSR count). The van der Waals surface area contributed by atoms with Crippen LogP contribution in [-0.4, -0.2) is 48.2 Å². The van der Waals surface area contributed by atoms with Crippen molar-refractivity contribution in [2.45, 2.75) is 10.1 Å². The molecule has 26 heavy (non-hydrogen) atoms. The summed E-state index contributed by atoms with van der Waals surface area (Å²) in [4.78, 5) is 21.1. The second-order valence-electron chi connectivity index (χ2n) is 5.39. The molecular weight excluding hydrogens is 396 g/mol. The van der Waals surface area contributed by atoms with Gasteiger partial charge in [0.2, 0.25) is 15.0 Å². The molecule has 1 atom stereocenters. The largest absolute Gasteiger partial charge is 0.465 e. The van der Waals surface area contributed by atoms with Crippen LogP contribution < -0.4 is 0 Å². The molecule has 3 aromatic rings. The fourth-order valence-corrected chi connectivity index (χ4v) is 4.76. The molecule has 2 aromatic heterocycles. The van der Waals surface area contributed by atoms with Crippen LogP contribution in [0.15, 0.2) is 40.5 Å². The zero-order chi connectivity index (χ0) is 19.1. The van der Waals surface area contributed by atoms with Gasteiger partial charge in [0.1, 0.15) is 4.88 Å². The molecular formula is C16H14N2O5S3. The molecule has 0 saturated heterocycles. The molecule has 0 amide bonds. The van der Waals surface area contributed by atoms with Crippen molar-refractivity contribution in [2.24, 2.45) is 0 Å². The summed E-state index contributed by atoms with van der Waals surface area (Å²) in [7, 11) is -3.70. The molecule has 0 aliphatic heterocycles. The van der Waals surface area contributed by atoms with Crippen molar-refractivity contribution in [3.8, 4) is 11.1 Å². The Morgan fingerprint density at radius 3 is 2.58 bits per heavy atom. The van der Waals surface area contributed by atoms with Gasteiger partial charge in [-0.2, -0.15) is 0 Å². The van der Waals surface area contributed by atoms with Crippen LogP contribution in [0.5, 0.6) is 0 Å². The number of ether oxygens (including phenoxy) is 1. The first kappa shape index (κ1) is 18.6. The van der Waals surface area contributed by atoms with E-state index in [-0.39, 0.29) is 10.0 Å². The number of methoxy groups -OCH3 is 1. The summed E-state index contributed by atoms with van der Waals surface area (Å²) < 4.78 is 41.2. The van der Waals surface area contributed by atoms with Crippen LogP contribution in [0.25, 0.3) is 21.3 Å². The van der Waals surface area contributed by atoms with Crippen molar-refractivity contribution in [1.29, 1.82) is 0 Å². The predicted molar refractivity (Wildman–Crippen MR) is 99.6 cm³/mol. The zero-order valence-electron chi connectivity index (χ0n) is 14.0. The second kappa shape index (κ2) is 6.86. The number of fused-ring (bicyclic) bond motifs is 1. The molecule has 1 aromatic carbocycles. The Kier molecular flexibility index (Phi) is 4.91. The Balaban J connectivity index is 2.45. The van der Waals surface area contributed by atoms with E-state index in [0.717, 1.165) is 17.6 Å². The number of hydrogen-bond donors (Lipinski definition) is 0. The van der Waals surface area contributed by atoms with Gasteiger partial charge in [-0.1, -0.05) is 18.2 Å². The Hall–Kier alpha value is -2.17. The number of nitrogens with zero attached hydrogens (tertiary/aromatic N) is 2. The van der Waals surface area contributed by atoms with Crippen molar-refractivity contribution in [3.63, 3.8) is 0 Å². The molecule has 0 fully saturated rings. The standard InChI is InChI=1S/C16H14N2O5S3/c1-23-15(19)14-12(9-6-4-5-7-11(9)25(2)20)13-10(24-14)8-17-16(18-13)26(3,21)22/h4-8H,1-3H3/t25-/m1/s1. The van der Waals surface area contributed by atoms with Crippen molar-refractivity contribution in [3.05, 3.63) is 35.3 Å². The monoisotopic (exact) mass is 410 g/mol. The van der Waals surface area contributed by atoms with E-state index in [1.54, 1.807) is 24.3 Å². The van der Waals surface area contributed by atoms with Gasteiger partial charge in [-0.25, -0.2) is 23.2 Å². The summed E-state index contributed by atoms with van der Waals surface area (Å²) in [6.45, 7) is 0. The number of rotatable bonds is 4. The molecule has 0 radical (unpaired) electrons. The number of esters is 1. The molecule has 0 saturated carbocycles. The topological polar surface area (TPSA) is 103 Å².